The van der Waals surface area contributed by atoms with E-state index in [1.807, 2.05) is 31.2 Å². The van der Waals surface area contributed by atoms with Crippen molar-refractivity contribution < 1.29 is 12.8 Å². The molecule has 0 spiro atoms. The third kappa shape index (κ3) is 3.41. The molecule has 1 heterocycles. The van der Waals surface area contributed by atoms with Gasteiger partial charge in [-0.1, -0.05) is 17.7 Å². The molecule has 0 fully saturated rings. The van der Waals surface area contributed by atoms with Crippen molar-refractivity contribution in [2.45, 2.75) is 13.5 Å². The van der Waals surface area contributed by atoms with Crippen molar-refractivity contribution in [2.24, 2.45) is 0 Å². The first kappa shape index (κ1) is 14.6. The third-order valence-corrected chi connectivity index (χ3v) is 4.12. The number of hydrogen-bond donors (Lipinski definition) is 1. The number of aryl methyl sites for hydroxylation is 1. The van der Waals surface area contributed by atoms with E-state index in [4.69, 9.17) is 4.42 Å². The van der Waals surface area contributed by atoms with Crippen LogP contribution in [0.3, 0.4) is 0 Å². The molecule has 2 aromatic rings. The summed E-state index contributed by atoms with van der Waals surface area (Å²) in [5, 5.41) is 7.71. The Morgan fingerprint density at radius 3 is 2.45 bits per heavy atom. The standard InChI is InChI=1S/C12H16N4O3S/c1-9-4-6-10(7-5-9)12-15-14-11(19-12)8-13-20(17,18)16(2)3/h4-7,13H,8H2,1-3H3. The van der Waals surface area contributed by atoms with E-state index in [1.165, 1.54) is 14.1 Å². The zero-order chi connectivity index (χ0) is 14.8. The van der Waals surface area contributed by atoms with Gasteiger partial charge in [0.15, 0.2) is 0 Å². The van der Waals surface area contributed by atoms with Crippen LogP contribution in [0.25, 0.3) is 11.5 Å². The lowest BCUT2D eigenvalue weighted by molar-refractivity contribution is 0.474. The molecule has 0 aliphatic rings. The fraction of sp³-hybridized carbons (Fsp3) is 0.333. The lowest BCUT2D eigenvalue weighted by Crippen LogP contribution is -2.35. The second-order valence-corrected chi connectivity index (χ2v) is 6.44. The van der Waals surface area contributed by atoms with Gasteiger partial charge in [0.1, 0.15) is 0 Å². The predicted octanol–water partition coefficient (Wildman–Crippen LogP) is 0.941. The Balaban J connectivity index is 2.08. The van der Waals surface area contributed by atoms with Crippen LogP contribution in [0, 0.1) is 6.92 Å². The average molecular weight is 296 g/mol. The maximum Gasteiger partial charge on any atom is 0.279 e. The van der Waals surface area contributed by atoms with Crippen LogP contribution in [0.1, 0.15) is 11.5 Å². The van der Waals surface area contributed by atoms with Gasteiger partial charge in [0.05, 0.1) is 6.54 Å². The first-order valence-corrected chi connectivity index (χ1v) is 7.39. The molecule has 0 aliphatic heterocycles. The predicted molar refractivity (Wildman–Crippen MR) is 73.9 cm³/mol. The summed E-state index contributed by atoms with van der Waals surface area (Å²) in [4.78, 5) is 0. The Bertz CT molecular complexity index is 677. The highest BCUT2D eigenvalue weighted by atomic mass is 32.2. The summed E-state index contributed by atoms with van der Waals surface area (Å²) in [7, 11) is -0.625. The first-order valence-electron chi connectivity index (χ1n) is 5.95. The molecule has 1 N–H and O–H groups in total. The van der Waals surface area contributed by atoms with E-state index < -0.39 is 10.2 Å². The fourth-order valence-corrected chi connectivity index (χ4v) is 1.98. The van der Waals surface area contributed by atoms with E-state index in [0.29, 0.717) is 5.89 Å². The molecule has 1 aromatic carbocycles. The Kier molecular flexibility index (Phi) is 4.17. The minimum Gasteiger partial charge on any atom is -0.419 e. The summed E-state index contributed by atoms with van der Waals surface area (Å²) in [5.41, 5.74) is 1.93. The first-order chi connectivity index (χ1) is 9.38. The van der Waals surface area contributed by atoms with Gasteiger partial charge in [-0.25, -0.2) is 0 Å². The molecule has 1 aromatic heterocycles. The zero-order valence-corrected chi connectivity index (χ0v) is 12.3. The van der Waals surface area contributed by atoms with Crippen molar-refractivity contribution in [3.05, 3.63) is 35.7 Å². The lowest BCUT2D eigenvalue weighted by atomic mass is 10.1. The Morgan fingerprint density at radius 2 is 1.85 bits per heavy atom. The molecule has 0 bridgehead atoms. The van der Waals surface area contributed by atoms with Crippen LogP contribution in [0.5, 0.6) is 0 Å². The van der Waals surface area contributed by atoms with E-state index >= 15 is 0 Å². The van der Waals surface area contributed by atoms with Gasteiger partial charge in [-0.2, -0.15) is 17.4 Å². The van der Waals surface area contributed by atoms with Gasteiger partial charge < -0.3 is 4.42 Å². The van der Waals surface area contributed by atoms with Crippen LogP contribution < -0.4 is 4.72 Å². The zero-order valence-electron chi connectivity index (χ0n) is 11.5. The summed E-state index contributed by atoms with van der Waals surface area (Å²) in [6, 6.07) is 7.62. The number of benzene rings is 1. The van der Waals surface area contributed by atoms with Gasteiger partial charge in [-0.05, 0) is 19.1 Å². The Hall–Kier alpha value is -1.77. The van der Waals surface area contributed by atoms with Crippen molar-refractivity contribution in [3.63, 3.8) is 0 Å². The fourth-order valence-electron chi connectivity index (χ4n) is 1.42. The molecule has 0 saturated heterocycles. The maximum atomic E-state index is 11.5. The topological polar surface area (TPSA) is 88.3 Å². The molecule has 0 saturated carbocycles. The monoisotopic (exact) mass is 296 g/mol. The second kappa shape index (κ2) is 5.70. The second-order valence-electron chi connectivity index (χ2n) is 4.48. The van der Waals surface area contributed by atoms with Crippen molar-refractivity contribution in [1.82, 2.24) is 19.2 Å². The number of nitrogens with zero attached hydrogens (tertiary/aromatic N) is 3. The maximum absolute atomic E-state index is 11.5. The summed E-state index contributed by atoms with van der Waals surface area (Å²) in [6.45, 7) is 1.94. The number of aromatic nitrogens is 2. The molecular weight excluding hydrogens is 280 g/mol. The quantitative estimate of drug-likeness (QED) is 0.887. The molecule has 0 aliphatic carbocycles. The molecule has 20 heavy (non-hydrogen) atoms. The molecular formula is C12H16N4O3S. The highest BCUT2D eigenvalue weighted by molar-refractivity contribution is 7.87. The van der Waals surface area contributed by atoms with Crippen LogP contribution in [0.2, 0.25) is 0 Å². The molecule has 0 unspecified atom stereocenters. The van der Waals surface area contributed by atoms with Crippen molar-refractivity contribution >= 4 is 10.2 Å². The van der Waals surface area contributed by atoms with E-state index in [9.17, 15) is 8.42 Å². The van der Waals surface area contributed by atoms with Gasteiger partial charge in [0.2, 0.25) is 11.8 Å². The summed E-state index contributed by atoms with van der Waals surface area (Å²) >= 11 is 0. The normalized spacial score (nSPS) is 12.0. The minimum absolute atomic E-state index is 0.0423. The SMILES string of the molecule is Cc1ccc(-c2nnc(CNS(=O)(=O)N(C)C)o2)cc1. The van der Waals surface area contributed by atoms with Gasteiger partial charge in [0, 0.05) is 19.7 Å². The molecule has 0 radical (unpaired) electrons. The third-order valence-electron chi connectivity index (χ3n) is 2.65. The summed E-state index contributed by atoms with van der Waals surface area (Å²) in [5.74, 6) is 0.579. The molecule has 108 valence electrons. The number of rotatable bonds is 5. The highest BCUT2D eigenvalue weighted by Gasteiger charge is 2.15. The van der Waals surface area contributed by atoms with Crippen LogP contribution in [0.15, 0.2) is 28.7 Å². The molecule has 2 rings (SSSR count). The van der Waals surface area contributed by atoms with Crippen molar-refractivity contribution in [1.29, 1.82) is 0 Å². The van der Waals surface area contributed by atoms with Crippen molar-refractivity contribution in [3.8, 4) is 11.5 Å². The largest absolute Gasteiger partial charge is 0.419 e. The Morgan fingerprint density at radius 1 is 1.20 bits per heavy atom. The highest BCUT2D eigenvalue weighted by Crippen LogP contribution is 2.18. The summed E-state index contributed by atoms with van der Waals surface area (Å²) < 4.78 is 31.9. The number of hydrogen-bond acceptors (Lipinski definition) is 5. The van der Waals surface area contributed by atoms with Gasteiger partial charge >= 0.3 is 0 Å². The minimum atomic E-state index is -3.50. The van der Waals surface area contributed by atoms with Crippen LogP contribution in [-0.4, -0.2) is 37.0 Å². The van der Waals surface area contributed by atoms with Gasteiger partial charge in [0.25, 0.3) is 10.2 Å². The smallest absolute Gasteiger partial charge is 0.279 e. The van der Waals surface area contributed by atoms with Crippen molar-refractivity contribution in [2.75, 3.05) is 14.1 Å². The summed E-state index contributed by atoms with van der Waals surface area (Å²) in [6.07, 6.45) is 0. The van der Waals surface area contributed by atoms with E-state index in [1.54, 1.807) is 0 Å². The van der Waals surface area contributed by atoms with E-state index in [0.717, 1.165) is 15.4 Å². The van der Waals surface area contributed by atoms with Gasteiger partial charge in [-0.15, -0.1) is 10.2 Å². The molecule has 0 amide bonds. The molecule has 7 nitrogen and oxygen atoms in total. The van der Waals surface area contributed by atoms with Crippen LogP contribution >= 0.6 is 0 Å². The lowest BCUT2D eigenvalue weighted by Gasteiger charge is -2.10. The number of nitrogens with one attached hydrogen (secondary N) is 1. The van der Waals surface area contributed by atoms with Gasteiger partial charge in [-0.3, -0.25) is 0 Å². The molecule has 8 heteroatoms. The van der Waals surface area contributed by atoms with E-state index in [-0.39, 0.29) is 12.4 Å². The van der Waals surface area contributed by atoms with E-state index in [2.05, 4.69) is 14.9 Å². The average Bonchev–Trinajstić information content (AvgIpc) is 2.86. The molecule has 0 atom stereocenters. The van der Waals surface area contributed by atoms with Crippen LogP contribution in [-0.2, 0) is 16.8 Å². The van der Waals surface area contributed by atoms with Crippen LogP contribution in [0.4, 0.5) is 0 Å². The Labute approximate surface area is 117 Å².